The van der Waals surface area contributed by atoms with Gasteiger partial charge in [0.1, 0.15) is 0 Å². The van der Waals surface area contributed by atoms with E-state index < -0.39 is 0 Å². The second-order valence-electron chi connectivity index (χ2n) is 6.13. The van der Waals surface area contributed by atoms with E-state index in [0.717, 1.165) is 23.2 Å². The Morgan fingerprint density at radius 3 is 1.77 bits per heavy atom. The molecule has 0 radical (unpaired) electrons. The lowest BCUT2D eigenvalue weighted by Gasteiger charge is -2.56. The van der Waals surface area contributed by atoms with Crippen LogP contribution >= 0.6 is 0 Å². The molecule has 0 heteroatoms. The predicted octanol–water partition coefficient (Wildman–Crippen LogP) is 3.53. The molecule has 4 fully saturated rings. The first-order valence-electron chi connectivity index (χ1n) is 6.04. The van der Waals surface area contributed by atoms with E-state index in [-0.39, 0.29) is 0 Å². The fraction of sp³-hybridized carbons (Fsp3) is 0.846. The molecular formula is C13H18. The number of hydrogen-bond acceptors (Lipinski definition) is 0. The fourth-order valence-electron chi connectivity index (χ4n) is 4.99. The van der Waals surface area contributed by atoms with E-state index in [0.29, 0.717) is 0 Å². The Kier molecular flexibility index (Phi) is 1.11. The predicted molar refractivity (Wildman–Crippen MR) is 53.3 cm³/mol. The van der Waals surface area contributed by atoms with Crippen LogP contribution < -0.4 is 0 Å². The quantitative estimate of drug-likeness (QED) is 0.533. The SMILES string of the molecule is C1=C(C23CC4CC(CC(C4)C2)C3)C1. The monoisotopic (exact) mass is 174 g/mol. The highest BCUT2D eigenvalue weighted by Crippen LogP contribution is 2.65. The summed E-state index contributed by atoms with van der Waals surface area (Å²) in [7, 11) is 0. The lowest BCUT2D eigenvalue weighted by atomic mass is 9.49. The Balaban J connectivity index is 1.75. The van der Waals surface area contributed by atoms with E-state index in [1.165, 1.54) is 6.42 Å². The topological polar surface area (TPSA) is 0 Å². The van der Waals surface area contributed by atoms with E-state index in [4.69, 9.17) is 0 Å². The van der Waals surface area contributed by atoms with Gasteiger partial charge in [-0.2, -0.15) is 0 Å². The van der Waals surface area contributed by atoms with Crippen molar-refractivity contribution >= 4 is 0 Å². The first-order valence-corrected chi connectivity index (χ1v) is 6.04. The van der Waals surface area contributed by atoms with Crippen LogP contribution in [-0.2, 0) is 0 Å². The van der Waals surface area contributed by atoms with Crippen molar-refractivity contribution in [1.82, 2.24) is 0 Å². The van der Waals surface area contributed by atoms with Crippen LogP contribution in [0.25, 0.3) is 0 Å². The molecule has 70 valence electrons. The zero-order valence-corrected chi connectivity index (χ0v) is 8.26. The van der Waals surface area contributed by atoms with Gasteiger partial charge >= 0.3 is 0 Å². The Morgan fingerprint density at radius 1 is 0.923 bits per heavy atom. The minimum Gasteiger partial charge on any atom is -0.0804 e. The van der Waals surface area contributed by atoms with Crippen molar-refractivity contribution < 1.29 is 0 Å². The molecule has 0 unspecified atom stereocenters. The maximum Gasteiger partial charge on any atom is -0.00770 e. The van der Waals surface area contributed by atoms with Crippen molar-refractivity contribution in [2.45, 2.75) is 44.9 Å². The van der Waals surface area contributed by atoms with Crippen molar-refractivity contribution in [3.63, 3.8) is 0 Å². The molecule has 0 amide bonds. The molecule has 4 bridgehead atoms. The van der Waals surface area contributed by atoms with Crippen LogP contribution in [0, 0.1) is 23.2 Å². The van der Waals surface area contributed by atoms with E-state index in [1.807, 2.05) is 5.57 Å². The number of allylic oxidation sites excluding steroid dienone is 2. The van der Waals surface area contributed by atoms with E-state index in [9.17, 15) is 0 Å². The third-order valence-corrected chi connectivity index (χ3v) is 5.13. The van der Waals surface area contributed by atoms with Gasteiger partial charge in [0.25, 0.3) is 0 Å². The molecule has 0 aromatic rings. The molecule has 0 nitrogen and oxygen atoms in total. The molecule has 0 atom stereocenters. The average Bonchev–Trinajstić information content (AvgIpc) is 2.81. The summed E-state index contributed by atoms with van der Waals surface area (Å²) >= 11 is 0. The summed E-state index contributed by atoms with van der Waals surface area (Å²) < 4.78 is 0. The maximum atomic E-state index is 2.51. The highest BCUT2D eigenvalue weighted by molar-refractivity contribution is 5.33. The fourth-order valence-corrected chi connectivity index (χ4v) is 4.99. The summed E-state index contributed by atoms with van der Waals surface area (Å²) in [6.07, 6.45) is 13.4. The minimum absolute atomic E-state index is 0.773. The second-order valence-corrected chi connectivity index (χ2v) is 6.13. The summed E-state index contributed by atoms with van der Waals surface area (Å²) in [5, 5.41) is 0. The van der Waals surface area contributed by atoms with Gasteiger partial charge in [0.05, 0.1) is 0 Å². The second kappa shape index (κ2) is 2.04. The summed E-state index contributed by atoms with van der Waals surface area (Å²) in [5.74, 6) is 3.40. The summed E-state index contributed by atoms with van der Waals surface area (Å²) in [5.41, 5.74) is 2.64. The Labute approximate surface area is 80.4 Å². The van der Waals surface area contributed by atoms with Crippen molar-refractivity contribution in [2.75, 3.05) is 0 Å². The molecule has 0 aliphatic heterocycles. The smallest absolute Gasteiger partial charge is 0.00770 e. The third kappa shape index (κ3) is 0.872. The molecule has 0 spiro atoms. The zero-order valence-electron chi connectivity index (χ0n) is 8.26. The molecule has 0 aromatic heterocycles. The summed E-state index contributed by atoms with van der Waals surface area (Å²) in [4.78, 5) is 0. The molecule has 5 rings (SSSR count). The summed E-state index contributed by atoms with van der Waals surface area (Å²) in [6.45, 7) is 0. The molecule has 4 saturated carbocycles. The van der Waals surface area contributed by atoms with Crippen LogP contribution in [0.1, 0.15) is 44.9 Å². The van der Waals surface area contributed by atoms with Gasteiger partial charge in [-0.3, -0.25) is 0 Å². The lowest BCUT2D eigenvalue weighted by molar-refractivity contribution is -0.0281. The highest BCUT2D eigenvalue weighted by Gasteiger charge is 2.53. The maximum absolute atomic E-state index is 2.51. The third-order valence-electron chi connectivity index (χ3n) is 5.13. The van der Waals surface area contributed by atoms with Gasteiger partial charge in [-0.05, 0) is 68.1 Å². The first-order chi connectivity index (χ1) is 6.34. The van der Waals surface area contributed by atoms with Gasteiger partial charge in [0.15, 0.2) is 0 Å². The molecule has 13 heavy (non-hydrogen) atoms. The van der Waals surface area contributed by atoms with Gasteiger partial charge in [0, 0.05) is 0 Å². The van der Waals surface area contributed by atoms with Crippen LogP contribution in [0.2, 0.25) is 0 Å². The normalized spacial score (nSPS) is 56.6. The summed E-state index contributed by atoms with van der Waals surface area (Å²) in [6, 6.07) is 0. The Hall–Kier alpha value is -0.260. The van der Waals surface area contributed by atoms with Gasteiger partial charge < -0.3 is 0 Å². The van der Waals surface area contributed by atoms with Crippen LogP contribution in [0.15, 0.2) is 11.6 Å². The number of rotatable bonds is 1. The van der Waals surface area contributed by atoms with E-state index >= 15 is 0 Å². The standard InChI is InChI=1S/C13H18/c1-2-12(1)13-6-9-3-10(7-13)5-11(4-9)8-13/h1,9-11H,2-8H2. The lowest BCUT2D eigenvalue weighted by Crippen LogP contribution is -2.45. The highest BCUT2D eigenvalue weighted by atomic mass is 14.6. The minimum atomic E-state index is 0.773. The molecule has 5 aliphatic rings. The average molecular weight is 174 g/mol. The molecule has 0 heterocycles. The van der Waals surface area contributed by atoms with Crippen LogP contribution in [0.5, 0.6) is 0 Å². The van der Waals surface area contributed by atoms with E-state index in [2.05, 4.69) is 6.08 Å². The van der Waals surface area contributed by atoms with Crippen molar-refractivity contribution in [3.05, 3.63) is 11.6 Å². The Bertz CT molecular complexity index is 249. The largest absolute Gasteiger partial charge is 0.0804 e. The van der Waals surface area contributed by atoms with E-state index in [1.54, 1.807) is 38.5 Å². The number of hydrogen-bond donors (Lipinski definition) is 0. The Morgan fingerprint density at radius 2 is 1.38 bits per heavy atom. The van der Waals surface area contributed by atoms with Gasteiger partial charge in [-0.25, -0.2) is 0 Å². The molecule has 0 aromatic carbocycles. The van der Waals surface area contributed by atoms with Crippen molar-refractivity contribution in [3.8, 4) is 0 Å². The molecular weight excluding hydrogens is 156 g/mol. The van der Waals surface area contributed by atoms with Crippen molar-refractivity contribution in [1.29, 1.82) is 0 Å². The van der Waals surface area contributed by atoms with Crippen LogP contribution in [-0.4, -0.2) is 0 Å². The molecule has 0 saturated heterocycles. The van der Waals surface area contributed by atoms with Gasteiger partial charge in [-0.1, -0.05) is 11.6 Å². The molecule has 0 N–H and O–H groups in total. The molecule has 5 aliphatic carbocycles. The van der Waals surface area contributed by atoms with Gasteiger partial charge in [0.2, 0.25) is 0 Å². The van der Waals surface area contributed by atoms with Crippen molar-refractivity contribution in [2.24, 2.45) is 23.2 Å². The first kappa shape index (κ1) is 7.09. The van der Waals surface area contributed by atoms with Crippen LogP contribution in [0.4, 0.5) is 0 Å². The van der Waals surface area contributed by atoms with Crippen LogP contribution in [0.3, 0.4) is 0 Å². The van der Waals surface area contributed by atoms with Gasteiger partial charge in [-0.15, -0.1) is 0 Å². The zero-order chi connectivity index (χ0) is 8.47.